The van der Waals surface area contributed by atoms with Gasteiger partial charge in [0.15, 0.2) is 0 Å². The highest BCUT2D eigenvalue weighted by Crippen LogP contribution is 2.34. The minimum absolute atomic E-state index is 0.320. The predicted molar refractivity (Wildman–Crippen MR) is 150 cm³/mol. The van der Waals surface area contributed by atoms with E-state index in [1.54, 1.807) is 30.3 Å². The van der Waals surface area contributed by atoms with E-state index in [1.165, 1.54) is 77.0 Å². The van der Waals surface area contributed by atoms with Crippen molar-refractivity contribution in [3.05, 3.63) is 59.2 Å². The van der Waals surface area contributed by atoms with Crippen molar-refractivity contribution in [2.75, 3.05) is 6.61 Å². The number of benzene rings is 2. The fourth-order valence-corrected chi connectivity index (χ4v) is 5.34. The minimum Gasteiger partial charge on any atom is -0.494 e. The molecule has 0 N–H and O–H groups in total. The summed E-state index contributed by atoms with van der Waals surface area (Å²) in [5, 5.41) is 9.68. The van der Waals surface area contributed by atoms with Gasteiger partial charge in [-0.25, -0.2) is 4.79 Å². The Morgan fingerprint density at radius 3 is 2.22 bits per heavy atom. The van der Waals surface area contributed by atoms with Crippen molar-refractivity contribution in [3.8, 4) is 17.6 Å². The van der Waals surface area contributed by atoms with E-state index in [0.29, 0.717) is 23.5 Å². The zero-order valence-electron chi connectivity index (χ0n) is 23.0. The molecule has 3 rings (SSSR count). The molecule has 0 bridgehead atoms. The maximum Gasteiger partial charge on any atom is 0.343 e. The Morgan fingerprint density at radius 2 is 1.54 bits per heavy atom. The number of ether oxygens (including phenoxy) is 2. The highest BCUT2D eigenvalue weighted by Gasteiger charge is 2.21. The number of esters is 1. The van der Waals surface area contributed by atoms with Gasteiger partial charge in [0.05, 0.1) is 17.7 Å². The zero-order chi connectivity index (χ0) is 26.3. The molecule has 0 radical (unpaired) electrons. The molecule has 0 atom stereocenters. The molecule has 2 aromatic carbocycles. The predicted octanol–water partition coefficient (Wildman–Crippen LogP) is 9.06. The zero-order valence-corrected chi connectivity index (χ0v) is 23.0. The number of hydrogen-bond donors (Lipinski definition) is 0. The van der Waals surface area contributed by atoms with E-state index in [0.717, 1.165) is 36.0 Å². The van der Waals surface area contributed by atoms with E-state index in [2.05, 4.69) is 19.9 Å². The standard InChI is InChI=1S/C33H45NO3/c1-3-5-7-9-23-36-31-20-18-29(19-21-31)33(35)37-32-22-17-28(24-30(32)25-34)16-15-27-13-11-26(12-14-27)10-8-6-4-2/h17-22,24,26-27H,3-16,23H2,1-2H3. The van der Waals surface area contributed by atoms with Crippen LogP contribution in [0.3, 0.4) is 0 Å². The first-order valence-corrected chi connectivity index (χ1v) is 14.6. The van der Waals surface area contributed by atoms with Crippen molar-refractivity contribution in [1.29, 1.82) is 5.26 Å². The summed E-state index contributed by atoms with van der Waals surface area (Å²) in [5.74, 6) is 2.32. The third-order valence-electron chi connectivity index (χ3n) is 7.75. The van der Waals surface area contributed by atoms with Gasteiger partial charge in [-0.1, -0.05) is 90.5 Å². The fourth-order valence-electron chi connectivity index (χ4n) is 5.34. The molecule has 37 heavy (non-hydrogen) atoms. The molecular formula is C33H45NO3. The fraction of sp³-hybridized carbons (Fsp3) is 0.576. The van der Waals surface area contributed by atoms with Crippen molar-refractivity contribution < 1.29 is 14.3 Å². The van der Waals surface area contributed by atoms with Crippen LogP contribution in [-0.2, 0) is 6.42 Å². The van der Waals surface area contributed by atoms with Crippen LogP contribution in [0.1, 0.15) is 119 Å². The lowest BCUT2D eigenvalue weighted by molar-refractivity contribution is 0.0734. The number of nitriles is 1. The molecule has 200 valence electrons. The molecule has 1 saturated carbocycles. The maximum atomic E-state index is 12.7. The van der Waals surface area contributed by atoms with E-state index < -0.39 is 5.97 Å². The van der Waals surface area contributed by atoms with Crippen molar-refractivity contribution in [2.45, 2.75) is 104 Å². The molecule has 0 aromatic heterocycles. The summed E-state index contributed by atoms with van der Waals surface area (Å²) >= 11 is 0. The largest absolute Gasteiger partial charge is 0.494 e. The number of aryl methyl sites for hydroxylation is 1. The first kappa shape index (κ1) is 28.8. The molecule has 4 heteroatoms. The van der Waals surface area contributed by atoms with Crippen molar-refractivity contribution in [3.63, 3.8) is 0 Å². The Bertz CT molecular complexity index is 984. The summed E-state index contributed by atoms with van der Waals surface area (Å²) < 4.78 is 11.3. The maximum absolute atomic E-state index is 12.7. The van der Waals surface area contributed by atoms with Crippen LogP contribution in [0.5, 0.6) is 11.5 Å². The SMILES string of the molecule is CCCCCCOc1ccc(C(=O)Oc2ccc(CCC3CCC(CCCCC)CC3)cc2C#N)cc1. The lowest BCUT2D eigenvalue weighted by Crippen LogP contribution is -2.15. The minimum atomic E-state index is -0.463. The number of rotatable bonds is 15. The number of nitrogens with zero attached hydrogens (tertiary/aromatic N) is 1. The van der Waals surface area contributed by atoms with Crippen molar-refractivity contribution >= 4 is 5.97 Å². The second kappa shape index (κ2) is 16.1. The Kier molecular flexibility index (Phi) is 12.5. The lowest BCUT2D eigenvalue weighted by atomic mass is 9.78. The molecule has 0 unspecified atom stereocenters. The number of hydrogen-bond acceptors (Lipinski definition) is 4. The first-order valence-electron chi connectivity index (χ1n) is 14.6. The van der Waals surface area contributed by atoms with Crippen LogP contribution in [0.15, 0.2) is 42.5 Å². The van der Waals surface area contributed by atoms with Crippen molar-refractivity contribution in [2.24, 2.45) is 11.8 Å². The van der Waals surface area contributed by atoms with Crippen LogP contribution in [-0.4, -0.2) is 12.6 Å². The van der Waals surface area contributed by atoms with Gasteiger partial charge in [-0.2, -0.15) is 5.26 Å². The number of carbonyl (C=O) groups is 1. The van der Waals surface area contributed by atoms with Gasteiger partial charge in [0.1, 0.15) is 17.6 Å². The van der Waals surface area contributed by atoms with E-state index in [4.69, 9.17) is 9.47 Å². The van der Waals surface area contributed by atoms with Crippen molar-refractivity contribution in [1.82, 2.24) is 0 Å². The second-order valence-corrected chi connectivity index (χ2v) is 10.7. The third-order valence-corrected chi connectivity index (χ3v) is 7.75. The summed E-state index contributed by atoms with van der Waals surface area (Å²) in [5.41, 5.74) is 2.00. The van der Waals surface area contributed by atoms with Gasteiger partial charge >= 0.3 is 5.97 Å². The quantitative estimate of drug-likeness (QED) is 0.138. The summed E-state index contributed by atoms with van der Waals surface area (Å²) in [7, 11) is 0. The van der Waals surface area contributed by atoms with Gasteiger partial charge in [0.25, 0.3) is 0 Å². The Labute approximate surface area is 224 Å². The Balaban J connectivity index is 1.45. The van der Waals surface area contributed by atoms with Crippen LogP contribution >= 0.6 is 0 Å². The van der Waals surface area contributed by atoms with Gasteiger partial charge in [-0.3, -0.25) is 0 Å². The summed E-state index contributed by atoms with van der Waals surface area (Å²) in [6.07, 6.45) is 17.6. The van der Waals surface area contributed by atoms with Gasteiger partial charge in [-0.05, 0) is 73.1 Å². The summed E-state index contributed by atoms with van der Waals surface area (Å²) in [6.45, 7) is 5.15. The molecular weight excluding hydrogens is 458 g/mol. The van der Waals surface area contributed by atoms with Gasteiger partial charge in [0, 0.05) is 0 Å². The third kappa shape index (κ3) is 9.88. The highest BCUT2D eigenvalue weighted by atomic mass is 16.5. The molecule has 0 amide bonds. The molecule has 0 heterocycles. The van der Waals surface area contributed by atoms with Crippen LogP contribution in [0.2, 0.25) is 0 Å². The van der Waals surface area contributed by atoms with Gasteiger partial charge < -0.3 is 9.47 Å². The summed E-state index contributed by atoms with van der Waals surface area (Å²) in [6, 6.07) is 14.9. The topological polar surface area (TPSA) is 59.3 Å². The monoisotopic (exact) mass is 503 g/mol. The van der Waals surface area contributed by atoms with Crippen LogP contribution in [0.25, 0.3) is 0 Å². The Hall–Kier alpha value is -2.80. The summed E-state index contributed by atoms with van der Waals surface area (Å²) in [4.78, 5) is 12.7. The molecule has 0 saturated heterocycles. The molecule has 4 nitrogen and oxygen atoms in total. The average Bonchev–Trinajstić information content (AvgIpc) is 2.93. The van der Waals surface area contributed by atoms with Crippen LogP contribution in [0, 0.1) is 23.2 Å². The molecule has 0 spiro atoms. The normalized spacial score (nSPS) is 17.2. The van der Waals surface area contributed by atoms with E-state index in [1.807, 2.05) is 12.1 Å². The molecule has 1 fully saturated rings. The smallest absolute Gasteiger partial charge is 0.343 e. The second-order valence-electron chi connectivity index (χ2n) is 10.7. The lowest BCUT2D eigenvalue weighted by Gasteiger charge is -2.28. The molecule has 2 aromatic rings. The first-order chi connectivity index (χ1) is 18.1. The number of carbonyl (C=O) groups excluding carboxylic acids is 1. The van der Waals surface area contributed by atoms with Gasteiger partial charge in [-0.15, -0.1) is 0 Å². The van der Waals surface area contributed by atoms with E-state index >= 15 is 0 Å². The van der Waals surface area contributed by atoms with Gasteiger partial charge in [0.2, 0.25) is 0 Å². The highest BCUT2D eigenvalue weighted by molar-refractivity contribution is 5.91. The van der Waals surface area contributed by atoms with E-state index in [9.17, 15) is 10.1 Å². The number of unbranched alkanes of at least 4 members (excludes halogenated alkanes) is 5. The van der Waals surface area contributed by atoms with Crippen LogP contribution < -0.4 is 9.47 Å². The molecule has 1 aliphatic carbocycles. The molecule has 0 aliphatic heterocycles. The average molecular weight is 504 g/mol. The van der Waals surface area contributed by atoms with Crippen LogP contribution in [0.4, 0.5) is 0 Å². The molecule has 1 aliphatic rings. The Morgan fingerprint density at radius 1 is 0.865 bits per heavy atom. The van der Waals surface area contributed by atoms with E-state index in [-0.39, 0.29) is 0 Å².